The summed E-state index contributed by atoms with van der Waals surface area (Å²) in [7, 11) is 0. The highest BCUT2D eigenvalue weighted by molar-refractivity contribution is 14.1. The summed E-state index contributed by atoms with van der Waals surface area (Å²) in [6, 6.07) is 8.61. The maximum atomic E-state index is 5.89. The lowest BCUT2D eigenvalue weighted by Gasteiger charge is -2.29. The molecule has 0 unspecified atom stereocenters. The van der Waals surface area contributed by atoms with Crippen LogP contribution < -0.4 is 10.5 Å². The van der Waals surface area contributed by atoms with Gasteiger partial charge in [-0.1, -0.05) is 6.07 Å². The average Bonchev–Trinajstić information content (AvgIpc) is 2.37. The molecule has 0 aromatic heterocycles. The molecule has 1 aromatic carbocycles. The first-order chi connectivity index (χ1) is 8.74. The summed E-state index contributed by atoms with van der Waals surface area (Å²) in [4.78, 5) is 2.49. The molecule has 1 heterocycles. The third-order valence-electron chi connectivity index (χ3n) is 3.32. The van der Waals surface area contributed by atoms with Crippen molar-refractivity contribution in [3.8, 4) is 5.75 Å². The summed E-state index contributed by atoms with van der Waals surface area (Å²) in [6.07, 6.45) is 3.36. The Kier molecular flexibility index (Phi) is 5.72. The molecule has 0 aliphatic carbocycles. The highest BCUT2D eigenvalue weighted by Crippen LogP contribution is 2.15. The molecule has 0 saturated carbocycles. The molecule has 2 N–H and O–H groups in total. The van der Waals surface area contributed by atoms with Crippen molar-refractivity contribution in [3.05, 3.63) is 27.8 Å². The van der Waals surface area contributed by atoms with Crippen molar-refractivity contribution in [1.29, 1.82) is 0 Å². The molecule has 0 amide bonds. The van der Waals surface area contributed by atoms with Crippen LogP contribution in [0.15, 0.2) is 24.3 Å². The zero-order valence-electron chi connectivity index (χ0n) is 10.6. The van der Waals surface area contributed by atoms with E-state index in [-0.39, 0.29) is 0 Å². The van der Waals surface area contributed by atoms with E-state index in [4.69, 9.17) is 10.5 Å². The molecule has 2 rings (SSSR count). The lowest BCUT2D eigenvalue weighted by molar-refractivity contribution is 0.194. The second kappa shape index (κ2) is 7.31. The van der Waals surface area contributed by atoms with E-state index >= 15 is 0 Å². The van der Waals surface area contributed by atoms with Crippen LogP contribution in [0.5, 0.6) is 5.75 Å². The minimum Gasteiger partial charge on any atom is -0.494 e. The predicted octanol–water partition coefficient (Wildman–Crippen LogP) is 2.48. The number of halogens is 1. The van der Waals surface area contributed by atoms with Crippen LogP contribution in [0.4, 0.5) is 0 Å². The van der Waals surface area contributed by atoms with Gasteiger partial charge in [0.05, 0.1) is 6.61 Å². The van der Waals surface area contributed by atoms with Crippen LogP contribution in [0.25, 0.3) is 0 Å². The Morgan fingerprint density at radius 1 is 1.33 bits per heavy atom. The van der Waals surface area contributed by atoms with Crippen LogP contribution in [0, 0.1) is 3.57 Å². The van der Waals surface area contributed by atoms with Crippen LogP contribution in [0.2, 0.25) is 0 Å². The fourth-order valence-corrected chi connectivity index (χ4v) is 2.73. The zero-order valence-corrected chi connectivity index (χ0v) is 12.8. The van der Waals surface area contributed by atoms with Gasteiger partial charge < -0.3 is 15.4 Å². The summed E-state index contributed by atoms with van der Waals surface area (Å²) in [5.74, 6) is 0.975. The van der Waals surface area contributed by atoms with Crippen molar-refractivity contribution in [3.63, 3.8) is 0 Å². The summed E-state index contributed by atoms with van der Waals surface area (Å²) in [5, 5.41) is 0. The molecular weight excluding hydrogens is 339 g/mol. The quantitative estimate of drug-likeness (QED) is 0.648. The molecule has 1 aliphatic heterocycles. The lowest BCUT2D eigenvalue weighted by atomic mass is 10.1. The first kappa shape index (κ1) is 14.1. The lowest BCUT2D eigenvalue weighted by Crippen LogP contribution is -2.40. The minimum absolute atomic E-state index is 0.420. The molecule has 1 aliphatic rings. The summed E-state index contributed by atoms with van der Waals surface area (Å²) in [6.45, 7) is 4.20. The number of hydrogen-bond acceptors (Lipinski definition) is 3. The van der Waals surface area contributed by atoms with Crippen LogP contribution in [0.1, 0.15) is 19.3 Å². The predicted molar refractivity (Wildman–Crippen MR) is 82.9 cm³/mol. The molecule has 0 radical (unpaired) electrons. The van der Waals surface area contributed by atoms with Gasteiger partial charge in [-0.15, -0.1) is 0 Å². The molecule has 0 spiro atoms. The number of benzene rings is 1. The van der Waals surface area contributed by atoms with Gasteiger partial charge >= 0.3 is 0 Å². The molecule has 1 saturated heterocycles. The van der Waals surface area contributed by atoms with E-state index < -0.39 is 0 Å². The normalized spacial score (nSPS) is 17.9. The topological polar surface area (TPSA) is 38.5 Å². The standard InChI is InChI=1S/C14H21IN2O/c15-12-3-1-4-14(11-12)18-10-2-7-17-8-5-13(16)6-9-17/h1,3-4,11,13H,2,5-10,16H2. The highest BCUT2D eigenvalue weighted by Gasteiger charge is 2.14. The van der Waals surface area contributed by atoms with E-state index in [1.165, 1.54) is 3.57 Å². The second-order valence-electron chi connectivity index (χ2n) is 4.84. The van der Waals surface area contributed by atoms with Crippen LogP contribution in [0.3, 0.4) is 0 Å². The molecular formula is C14H21IN2O. The van der Waals surface area contributed by atoms with Gasteiger partial charge in [0.1, 0.15) is 5.75 Å². The Balaban J connectivity index is 1.61. The van der Waals surface area contributed by atoms with E-state index in [9.17, 15) is 0 Å². The molecule has 0 atom stereocenters. The van der Waals surface area contributed by atoms with Gasteiger partial charge in [0.15, 0.2) is 0 Å². The Labute approximate surface area is 123 Å². The number of nitrogens with zero attached hydrogens (tertiary/aromatic N) is 1. The maximum absolute atomic E-state index is 5.89. The van der Waals surface area contributed by atoms with Crippen LogP contribution in [-0.4, -0.2) is 37.2 Å². The Morgan fingerprint density at radius 2 is 2.11 bits per heavy atom. The van der Waals surface area contributed by atoms with Gasteiger partial charge in [-0.25, -0.2) is 0 Å². The number of likely N-dealkylation sites (tertiary alicyclic amines) is 1. The Bertz CT molecular complexity index is 365. The zero-order chi connectivity index (χ0) is 12.8. The molecule has 4 heteroatoms. The third-order valence-corrected chi connectivity index (χ3v) is 3.99. The SMILES string of the molecule is NC1CCN(CCCOc2cccc(I)c2)CC1. The van der Waals surface area contributed by atoms with Crippen molar-refractivity contribution in [1.82, 2.24) is 4.90 Å². The first-order valence-corrected chi connectivity index (χ1v) is 7.68. The van der Waals surface area contributed by atoms with Crippen molar-refractivity contribution >= 4 is 22.6 Å². The monoisotopic (exact) mass is 360 g/mol. The minimum atomic E-state index is 0.420. The summed E-state index contributed by atoms with van der Waals surface area (Å²) in [5.41, 5.74) is 5.89. The molecule has 0 bridgehead atoms. The van der Waals surface area contributed by atoms with E-state index in [0.717, 1.165) is 51.3 Å². The Morgan fingerprint density at radius 3 is 2.83 bits per heavy atom. The molecule has 100 valence electrons. The van der Waals surface area contributed by atoms with Crippen molar-refractivity contribution in [2.24, 2.45) is 5.73 Å². The maximum Gasteiger partial charge on any atom is 0.120 e. The van der Waals surface area contributed by atoms with E-state index in [1.807, 2.05) is 12.1 Å². The first-order valence-electron chi connectivity index (χ1n) is 6.60. The highest BCUT2D eigenvalue weighted by atomic mass is 127. The number of piperidine rings is 1. The largest absolute Gasteiger partial charge is 0.494 e. The van der Waals surface area contributed by atoms with Crippen LogP contribution in [-0.2, 0) is 0 Å². The van der Waals surface area contributed by atoms with E-state index in [0.29, 0.717) is 6.04 Å². The smallest absolute Gasteiger partial charge is 0.120 e. The number of rotatable bonds is 5. The molecule has 18 heavy (non-hydrogen) atoms. The van der Waals surface area contributed by atoms with Crippen LogP contribution >= 0.6 is 22.6 Å². The average molecular weight is 360 g/mol. The van der Waals surface area contributed by atoms with Crippen molar-refractivity contribution in [2.45, 2.75) is 25.3 Å². The summed E-state index contributed by atoms with van der Waals surface area (Å²) >= 11 is 2.30. The van der Waals surface area contributed by atoms with E-state index in [1.54, 1.807) is 0 Å². The van der Waals surface area contributed by atoms with Gasteiger partial charge in [-0.3, -0.25) is 0 Å². The third kappa shape index (κ3) is 4.74. The van der Waals surface area contributed by atoms with Crippen molar-refractivity contribution < 1.29 is 4.74 Å². The molecule has 3 nitrogen and oxygen atoms in total. The number of nitrogens with two attached hydrogens (primary N) is 1. The summed E-state index contributed by atoms with van der Waals surface area (Å²) < 4.78 is 6.96. The van der Waals surface area contributed by atoms with Crippen molar-refractivity contribution in [2.75, 3.05) is 26.2 Å². The van der Waals surface area contributed by atoms with Gasteiger partial charge in [0.25, 0.3) is 0 Å². The molecule has 1 aromatic rings. The number of hydrogen-bond donors (Lipinski definition) is 1. The van der Waals surface area contributed by atoms with Gasteiger partial charge in [0, 0.05) is 16.2 Å². The number of ether oxygens (including phenoxy) is 1. The fraction of sp³-hybridized carbons (Fsp3) is 0.571. The van der Waals surface area contributed by atoms with Gasteiger partial charge in [-0.05, 0) is 73.1 Å². The second-order valence-corrected chi connectivity index (χ2v) is 6.08. The fourth-order valence-electron chi connectivity index (χ4n) is 2.21. The van der Waals surface area contributed by atoms with Gasteiger partial charge in [-0.2, -0.15) is 0 Å². The van der Waals surface area contributed by atoms with E-state index in [2.05, 4.69) is 39.6 Å². The van der Waals surface area contributed by atoms with Gasteiger partial charge in [0.2, 0.25) is 0 Å². The molecule has 1 fully saturated rings. The Hall–Kier alpha value is -0.330.